The summed E-state index contributed by atoms with van der Waals surface area (Å²) >= 11 is 0. The first-order valence-electron chi connectivity index (χ1n) is 7.96. The number of ether oxygens (including phenoxy) is 1. The van der Waals surface area contributed by atoms with Crippen molar-refractivity contribution < 1.29 is 13.9 Å². The Morgan fingerprint density at radius 3 is 2.57 bits per heavy atom. The summed E-state index contributed by atoms with van der Waals surface area (Å²) in [6, 6.07) is 6.19. The third-order valence-corrected chi connectivity index (χ3v) is 4.47. The molecule has 1 aromatic rings. The number of hydrogen-bond acceptors (Lipinski definition) is 3. The molecule has 0 bridgehead atoms. The molecule has 1 fully saturated rings. The molecule has 23 heavy (non-hydrogen) atoms. The summed E-state index contributed by atoms with van der Waals surface area (Å²) in [6.45, 7) is 2.10. The van der Waals surface area contributed by atoms with E-state index in [2.05, 4.69) is 10.2 Å². The van der Waals surface area contributed by atoms with Gasteiger partial charge in [-0.05, 0) is 44.6 Å². The van der Waals surface area contributed by atoms with E-state index >= 15 is 0 Å². The second-order valence-corrected chi connectivity index (χ2v) is 6.17. The fourth-order valence-electron chi connectivity index (χ4n) is 2.74. The predicted octanol–water partition coefficient (Wildman–Crippen LogP) is 2.46. The highest BCUT2D eigenvalue weighted by Crippen LogP contribution is 2.25. The predicted molar refractivity (Wildman–Crippen MR) is 89.5 cm³/mol. The van der Waals surface area contributed by atoms with Gasteiger partial charge in [-0.2, -0.15) is 0 Å². The van der Waals surface area contributed by atoms with Crippen molar-refractivity contribution >= 4 is 12.0 Å². The molecule has 0 unspecified atom stereocenters. The Hall–Kier alpha value is -1.72. The zero-order chi connectivity index (χ0) is 16.7. The molecule has 0 atom stereocenters. The fraction of sp³-hybridized carbons (Fsp3) is 0.500. The molecule has 1 saturated heterocycles. The molecule has 2 rings (SSSR count). The lowest BCUT2D eigenvalue weighted by atomic mass is 9.88. The van der Waals surface area contributed by atoms with E-state index in [9.17, 15) is 9.18 Å². The van der Waals surface area contributed by atoms with Crippen molar-refractivity contribution in [2.45, 2.75) is 24.8 Å². The second kappa shape index (κ2) is 8.22. The summed E-state index contributed by atoms with van der Waals surface area (Å²) in [4.78, 5) is 14.2. The summed E-state index contributed by atoms with van der Waals surface area (Å²) in [5.74, 6) is -0.263. The van der Waals surface area contributed by atoms with Gasteiger partial charge in [-0.25, -0.2) is 4.39 Å². The molecule has 0 radical (unpaired) electrons. The summed E-state index contributed by atoms with van der Waals surface area (Å²) in [5.41, 5.74) is 0.864. The summed E-state index contributed by atoms with van der Waals surface area (Å²) < 4.78 is 18.2. The van der Waals surface area contributed by atoms with E-state index in [1.807, 2.05) is 20.2 Å². The Balaban J connectivity index is 1.81. The molecule has 4 nitrogen and oxygen atoms in total. The van der Waals surface area contributed by atoms with Gasteiger partial charge in [0.05, 0.1) is 0 Å². The van der Waals surface area contributed by atoms with Gasteiger partial charge >= 0.3 is 0 Å². The SMILES string of the molecule is CN(C)C1(CNC(=O)C/C=C\c2ccc(F)cc2)CCOCC1. The molecule has 0 aromatic heterocycles. The molecule has 126 valence electrons. The van der Waals surface area contributed by atoms with Crippen LogP contribution in [0.3, 0.4) is 0 Å². The molecular weight excluding hydrogens is 295 g/mol. The minimum absolute atomic E-state index is 0.00363. The topological polar surface area (TPSA) is 41.6 Å². The highest BCUT2D eigenvalue weighted by atomic mass is 19.1. The lowest BCUT2D eigenvalue weighted by molar-refractivity contribution is -0.121. The van der Waals surface area contributed by atoms with Crippen molar-refractivity contribution in [3.05, 3.63) is 41.7 Å². The number of carbonyl (C=O) groups excluding carboxylic acids is 1. The molecule has 0 aliphatic carbocycles. The number of amides is 1. The van der Waals surface area contributed by atoms with Crippen molar-refractivity contribution in [1.29, 1.82) is 0 Å². The van der Waals surface area contributed by atoms with Crippen molar-refractivity contribution in [3.63, 3.8) is 0 Å². The van der Waals surface area contributed by atoms with Gasteiger partial charge in [-0.3, -0.25) is 4.79 Å². The Labute approximate surface area is 137 Å². The quantitative estimate of drug-likeness (QED) is 0.875. The maximum Gasteiger partial charge on any atom is 0.223 e. The van der Waals surface area contributed by atoms with E-state index in [4.69, 9.17) is 4.74 Å². The van der Waals surface area contributed by atoms with Gasteiger partial charge in [0.2, 0.25) is 5.91 Å². The van der Waals surface area contributed by atoms with Crippen LogP contribution in [0.2, 0.25) is 0 Å². The van der Waals surface area contributed by atoms with Crippen molar-refractivity contribution in [3.8, 4) is 0 Å². The maximum atomic E-state index is 12.8. The number of benzene rings is 1. The van der Waals surface area contributed by atoms with Crippen LogP contribution >= 0.6 is 0 Å². The molecular formula is C18H25FN2O2. The normalized spacial score (nSPS) is 17.6. The first-order chi connectivity index (χ1) is 11.0. The van der Waals surface area contributed by atoms with Gasteiger partial charge in [-0.1, -0.05) is 24.3 Å². The zero-order valence-corrected chi connectivity index (χ0v) is 13.8. The van der Waals surface area contributed by atoms with E-state index in [1.54, 1.807) is 18.2 Å². The lowest BCUT2D eigenvalue weighted by Crippen LogP contribution is -2.55. The van der Waals surface area contributed by atoms with Crippen LogP contribution in [0, 0.1) is 5.82 Å². The van der Waals surface area contributed by atoms with Crippen molar-refractivity contribution in [2.24, 2.45) is 0 Å². The monoisotopic (exact) mass is 320 g/mol. The van der Waals surface area contributed by atoms with Crippen LogP contribution in [0.25, 0.3) is 6.08 Å². The molecule has 5 heteroatoms. The molecule has 1 aliphatic heterocycles. The number of carbonyl (C=O) groups is 1. The third kappa shape index (κ3) is 5.15. The number of halogens is 1. The number of nitrogens with zero attached hydrogens (tertiary/aromatic N) is 1. The Morgan fingerprint density at radius 1 is 1.30 bits per heavy atom. The van der Waals surface area contributed by atoms with Gasteiger partial charge in [0.15, 0.2) is 0 Å². The average molecular weight is 320 g/mol. The Kier molecular flexibility index (Phi) is 6.30. The first-order valence-corrected chi connectivity index (χ1v) is 7.96. The lowest BCUT2D eigenvalue weighted by Gasteiger charge is -2.42. The highest BCUT2D eigenvalue weighted by molar-refractivity contribution is 5.78. The molecule has 1 heterocycles. The van der Waals surface area contributed by atoms with Crippen molar-refractivity contribution in [1.82, 2.24) is 10.2 Å². The second-order valence-electron chi connectivity index (χ2n) is 6.17. The molecule has 0 saturated carbocycles. The Bertz CT molecular complexity index is 534. The molecule has 1 N–H and O–H groups in total. The van der Waals surface area contributed by atoms with Crippen LogP contribution in [-0.4, -0.2) is 50.2 Å². The van der Waals surface area contributed by atoms with Gasteiger partial charge in [0.25, 0.3) is 0 Å². The van der Waals surface area contributed by atoms with Gasteiger partial charge in [0.1, 0.15) is 5.82 Å². The summed E-state index contributed by atoms with van der Waals surface area (Å²) in [5, 5.41) is 3.02. The standard InChI is InChI=1S/C18H25FN2O2/c1-21(2)18(10-12-23-13-11-18)14-20-17(22)5-3-4-15-6-8-16(19)9-7-15/h3-4,6-9H,5,10-14H2,1-2H3,(H,20,22)/b4-3-. The minimum Gasteiger partial charge on any atom is -0.381 e. The van der Waals surface area contributed by atoms with E-state index in [0.717, 1.165) is 31.6 Å². The van der Waals surface area contributed by atoms with E-state index in [-0.39, 0.29) is 17.3 Å². The first kappa shape index (κ1) is 17.6. The highest BCUT2D eigenvalue weighted by Gasteiger charge is 2.34. The molecule has 1 aliphatic rings. The zero-order valence-electron chi connectivity index (χ0n) is 13.8. The number of hydrogen-bond donors (Lipinski definition) is 1. The van der Waals surface area contributed by atoms with Crippen molar-refractivity contribution in [2.75, 3.05) is 33.9 Å². The summed E-state index contributed by atoms with van der Waals surface area (Å²) in [7, 11) is 4.10. The molecule has 1 aromatic carbocycles. The third-order valence-electron chi connectivity index (χ3n) is 4.47. The number of nitrogens with one attached hydrogen (secondary N) is 1. The van der Waals surface area contributed by atoms with Crippen LogP contribution in [0.4, 0.5) is 4.39 Å². The maximum absolute atomic E-state index is 12.8. The van der Waals surface area contributed by atoms with Gasteiger partial charge in [-0.15, -0.1) is 0 Å². The average Bonchev–Trinajstić information content (AvgIpc) is 2.55. The van der Waals surface area contributed by atoms with Crippen LogP contribution in [0.5, 0.6) is 0 Å². The minimum atomic E-state index is -0.259. The van der Waals surface area contributed by atoms with E-state index in [0.29, 0.717) is 13.0 Å². The largest absolute Gasteiger partial charge is 0.381 e. The number of likely N-dealkylation sites (N-methyl/N-ethyl adjacent to an activating group) is 1. The van der Waals surface area contributed by atoms with Crippen LogP contribution < -0.4 is 5.32 Å². The van der Waals surface area contributed by atoms with E-state index < -0.39 is 0 Å². The van der Waals surface area contributed by atoms with Crippen LogP contribution in [0.1, 0.15) is 24.8 Å². The van der Waals surface area contributed by atoms with Crippen LogP contribution in [0.15, 0.2) is 30.3 Å². The fourth-order valence-corrected chi connectivity index (χ4v) is 2.74. The van der Waals surface area contributed by atoms with Gasteiger partial charge in [0, 0.05) is 31.7 Å². The van der Waals surface area contributed by atoms with Crippen LogP contribution in [-0.2, 0) is 9.53 Å². The van der Waals surface area contributed by atoms with Gasteiger partial charge < -0.3 is 15.0 Å². The smallest absolute Gasteiger partial charge is 0.223 e. The molecule has 0 spiro atoms. The number of rotatable bonds is 6. The molecule has 1 amide bonds. The Morgan fingerprint density at radius 2 is 1.96 bits per heavy atom. The summed E-state index contributed by atoms with van der Waals surface area (Å²) in [6.07, 6.45) is 5.79. The van der Waals surface area contributed by atoms with E-state index in [1.165, 1.54) is 12.1 Å².